The Hall–Kier alpha value is -2.29. The van der Waals surface area contributed by atoms with Gasteiger partial charge in [0.1, 0.15) is 6.04 Å². The molecule has 0 aromatic heterocycles. The Morgan fingerprint density at radius 3 is 2.14 bits per heavy atom. The van der Waals surface area contributed by atoms with Crippen molar-refractivity contribution in [3.05, 3.63) is 65.7 Å². The highest BCUT2D eigenvalue weighted by atomic mass is 16.2. The minimum absolute atomic E-state index is 0.0794. The van der Waals surface area contributed by atoms with Gasteiger partial charge in [0.05, 0.1) is 0 Å². The Morgan fingerprint density at radius 1 is 1.00 bits per heavy atom. The number of anilines is 1. The van der Waals surface area contributed by atoms with Crippen LogP contribution in [0, 0.1) is 6.92 Å². The van der Waals surface area contributed by atoms with Gasteiger partial charge in [-0.25, -0.2) is 0 Å². The molecule has 2 atom stereocenters. The second-order valence-electron chi connectivity index (χ2n) is 5.92. The molecule has 2 unspecified atom stereocenters. The Labute approximate surface area is 133 Å². The SMILES string of the molecule is Cc1ccc(C(C)C(Nc2ccccc2)C(=O)N(C)C)cc1. The van der Waals surface area contributed by atoms with E-state index >= 15 is 0 Å². The minimum Gasteiger partial charge on any atom is -0.373 e. The number of carbonyl (C=O) groups excluding carboxylic acids is 1. The first kappa shape index (κ1) is 16.1. The van der Waals surface area contributed by atoms with Crippen LogP contribution in [0.25, 0.3) is 0 Å². The van der Waals surface area contributed by atoms with Gasteiger partial charge in [0.2, 0.25) is 5.91 Å². The monoisotopic (exact) mass is 296 g/mol. The second kappa shape index (κ2) is 7.12. The third-order valence-corrected chi connectivity index (χ3v) is 3.91. The molecular formula is C19H24N2O. The third-order valence-electron chi connectivity index (χ3n) is 3.91. The fourth-order valence-electron chi connectivity index (χ4n) is 2.46. The van der Waals surface area contributed by atoms with Gasteiger partial charge in [-0.15, -0.1) is 0 Å². The van der Waals surface area contributed by atoms with Crippen LogP contribution < -0.4 is 5.32 Å². The maximum absolute atomic E-state index is 12.6. The number of likely N-dealkylation sites (N-methyl/N-ethyl adjacent to an activating group) is 1. The van der Waals surface area contributed by atoms with Crippen molar-refractivity contribution in [3.8, 4) is 0 Å². The molecule has 0 bridgehead atoms. The van der Waals surface area contributed by atoms with Crippen molar-refractivity contribution in [2.75, 3.05) is 19.4 Å². The quantitative estimate of drug-likeness (QED) is 0.913. The minimum atomic E-state index is -0.292. The van der Waals surface area contributed by atoms with Crippen LogP contribution in [-0.2, 0) is 4.79 Å². The van der Waals surface area contributed by atoms with Gasteiger partial charge in [0, 0.05) is 25.7 Å². The maximum Gasteiger partial charge on any atom is 0.245 e. The number of hydrogen-bond acceptors (Lipinski definition) is 2. The molecule has 0 fully saturated rings. The lowest BCUT2D eigenvalue weighted by atomic mass is 9.91. The van der Waals surface area contributed by atoms with Crippen LogP contribution in [0.5, 0.6) is 0 Å². The molecule has 0 aliphatic heterocycles. The first-order valence-electron chi connectivity index (χ1n) is 7.58. The van der Waals surface area contributed by atoms with Gasteiger partial charge < -0.3 is 10.2 Å². The van der Waals surface area contributed by atoms with E-state index in [0.29, 0.717) is 0 Å². The second-order valence-corrected chi connectivity index (χ2v) is 5.92. The number of carbonyl (C=O) groups is 1. The zero-order chi connectivity index (χ0) is 16.1. The third kappa shape index (κ3) is 3.88. The summed E-state index contributed by atoms with van der Waals surface area (Å²) in [5, 5.41) is 3.38. The van der Waals surface area contributed by atoms with Gasteiger partial charge in [-0.2, -0.15) is 0 Å². The molecule has 22 heavy (non-hydrogen) atoms. The fraction of sp³-hybridized carbons (Fsp3) is 0.316. The predicted molar refractivity (Wildman–Crippen MR) is 92.1 cm³/mol. The average molecular weight is 296 g/mol. The van der Waals surface area contributed by atoms with Crippen LogP contribution in [0.3, 0.4) is 0 Å². The number of rotatable bonds is 5. The smallest absolute Gasteiger partial charge is 0.245 e. The number of aryl methyl sites for hydroxylation is 1. The van der Waals surface area contributed by atoms with E-state index in [1.807, 2.05) is 30.3 Å². The highest BCUT2D eigenvalue weighted by Gasteiger charge is 2.27. The number of benzene rings is 2. The first-order valence-corrected chi connectivity index (χ1v) is 7.58. The van der Waals surface area contributed by atoms with Crippen molar-refractivity contribution >= 4 is 11.6 Å². The highest BCUT2D eigenvalue weighted by Crippen LogP contribution is 2.24. The van der Waals surface area contributed by atoms with Crippen LogP contribution in [0.15, 0.2) is 54.6 Å². The number of nitrogens with one attached hydrogen (secondary N) is 1. The van der Waals surface area contributed by atoms with Crippen molar-refractivity contribution in [1.82, 2.24) is 4.90 Å². The average Bonchev–Trinajstić information content (AvgIpc) is 2.53. The maximum atomic E-state index is 12.6. The molecule has 1 amide bonds. The van der Waals surface area contributed by atoms with Crippen molar-refractivity contribution in [2.45, 2.75) is 25.8 Å². The van der Waals surface area contributed by atoms with Crippen molar-refractivity contribution in [3.63, 3.8) is 0 Å². The summed E-state index contributed by atoms with van der Waals surface area (Å²) in [6.45, 7) is 4.16. The molecule has 0 saturated heterocycles. The van der Waals surface area contributed by atoms with E-state index in [-0.39, 0.29) is 17.9 Å². The van der Waals surface area contributed by atoms with Crippen molar-refractivity contribution in [1.29, 1.82) is 0 Å². The lowest BCUT2D eigenvalue weighted by Gasteiger charge is -2.28. The molecule has 0 saturated carbocycles. The van der Waals surface area contributed by atoms with Crippen molar-refractivity contribution in [2.24, 2.45) is 0 Å². The van der Waals surface area contributed by atoms with E-state index in [1.165, 1.54) is 5.56 Å². The van der Waals surface area contributed by atoms with Gasteiger partial charge >= 0.3 is 0 Å². The van der Waals surface area contributed by atoms with E-state index in [9.17, 15) is 4.79 Å². The predicted octanol–water partition coefficient (Wildman–Crippen LogP) is 3.67. The summed E-state index contributed by atoms with van der Waals surface area (Å²) in [6, 6.07) is 18.0. The normalized spacial score (nSPS) is 13.3. The fourth-order valence-corrected chi connectivity index (χ4v) is 2.46. The summed E-state index contributed by atoms with van der Waals surface area (Å²) in [7, 11) is 3.59. The summed E-state index contributed by atoms with van der Waals surface area (Å²) in [6.07, 6.45) is 0. The van der Waals surface area contributed by atoms with Gasteiger partial charge in [0.25, 0.3) is 0 Å². The van der Waals surface area contributed by atoms with Gasteiger partial charge in [-0.3, -0.25) is 4.79 Å². The Morgan fingerprint density at radius 2 is 1.59 bits per heavy atom. The van der Waals surface area contributed by atoms with Crippen LogP contribution in [0.2, 0.25) is 0 Å². The summed E-state index contributed by atoms with van der Waals surface area (Å²) < 4.78 is 0. The Balaban J connectivity index is 2.27. The standard InChI is InChI=1S/C19H24N2O/c1-14-10-12-16(13-11-14)15(2)18(19(22)21(3)4)20-17-8-6-5-7-9-17/h5-13,15,18,20H,1-4H3. The molecule has 3 heteroatoms. The Kier molecular flexibility index (Phi) is 5.21. The lowest BCUT2D eigenvalue weighted by molar-refractivity contribution is -0.129. The molecular weight excluding hydrogens is 272 g/mol. The van der Waals surface area contributed by atoms with E-state index in [1.54, 1.807) is 19.0 Å². The van der Waals surface area contributed by atoms with E-state index in [2.05, 4.69) is 43.4 Å². The molecule has 2 aromatic carbocycles. The van der Waals surface area contributed by atoms with Crippen molar-refractivity contribution < 1.29 is 4.79 Å². The highest BCUT2D eigenvalue weighted by molar-refractivity contribution is 5.85. The summed E-state index contributed by atoms with van der Waals surface area (Å²) in [5.74, 6) is 0.160. The summed E-state index contributed by atoms with van der Waals surface area (Å²) in [4.78, 5) is 14.2. The van der Waals surface area contributed by atoms with Crippen LogP contribution >= 0.6 is 0 Å². The largest absolute Gasteiger partial charge is 0.373 e. The topological polar surface area (TPSA) is 32.3 Å². The molecule has 116 valence electrons. The van der Waals surface area contributed by atoms with Crippen LogP contribution in [-0.4, -0.2) is 30.9 Å². The number of hydrogen-bond donors (Lipinski definition) is 1. The first-order chi connectivity index (χ1) is 10.5. The molecule has 0 heterocycles. The number of amides is 1. The summed E-state index contributed by atoms with van der Waals surface area (Å²) in [5.41, 5.74) is 3.35. The van der Waals surface area contributed by atoms with E-state index in [0.717, 1.165) is 11.3 Å². The molecule has 0 aliphatic carbocycles. The lowest BCUT2D eigenvalue weighted by Crippen LogP contribution is -2.42. The molecule has 1 N–H and O–H groups in total. The van der Waals surface area contributed by atoms with Gasteiger partial charge in [-0.05, 0) is 24.6 Å². The molecule has 0 aliphatic rings. The zero-order valence-electron chi connectivity index (χ0n) is 13.7. The van der Waals surface area contributed by atoms with Crippen LogP contribution in [0.4, 0.5) is 5.69 Å². The van der Waals surface area contributed by atoms with Crippen LogP contribution in [0.1, 0.15) is 24.0 Å². The van der Waals surface area contributed by atoms with Gasteiger partial charge in [0.15, 0.2) is 0 Å². The van der Waals surface area contributed by atoms with Gasteiger partial charge in [-0.1, -0.05) is 55.0 Å². The molecule has 2 aromatic rings. The van der Waals surface area contributed by atoms with E-state index in [4.69, 9.17) is 0 Å². The molecule has 0 spiro atoms. The molecule has 3 nitrogen and oxygen atoms in total. The summed E-state index contributed by atoms with van der Waals surface area (Å²) >= 11 is 0. The molecule has 2 rings (SSSR count). The molecule has 0 radical (unpaired) electrons. The Bertz CT molecular complexity index is 605. The van der Waals surface area contributed by atoms with E-state index < -0.39 is 0 Å². The zero-order valence-corrected chi connectivity index (χ0v) is 13.7. The number of para-hydroxylation sites is 1. The number of nitrogens with zero attached hydrogens (tertiary/aromatic N) is 1.